The topological polar surface area (TPSA) is 21.3 Å². The Morgan fingerprint density at radius 2 is 2.00 bits per heavy atom. The zero-order valence-corrected chi connectivity index (χ0v) is 11.6. The maximum absolute atomic E-state index is 5.10. The fourth-order valence-corrected chi connectivity index (χ4v) is 2.11. The Hall–Kier alpha value is -0.380. The van der Waals surface area contributed by atoms with Crippen LogP contribution in [-0.2, 0) is 4.74 Å². The fraction of sp³-hybridized carbons (Fsp3) is 0.538. The van der Waals surface area contributed by atoms with Crippen molar-refractivity contribution in [3.63, 3.8) is 0 Å². The molecule has 0 aliphatic heterocycles. The van der Waals surface area contributed by atoms with Crippen LogP contribution < -0.4 is 5.32 Å². The number of halogens is 1. The molecule has 1 aromatic rings. The number of likely N-dealkylation sites (N-methyl/N-ethyl adjacent to an activating group) is 1. The molecule has 1 unspecified atom stereocenters. The van der Waals surface area contributed by atoms with Crippen molar-refractivity contribution < 1.29 is 4.74 Å². The Morgan fingerprint density at radius 3 is 2.56 bits per heavy atom. The second-order valence-corrected chi connectivity index (χ2v) is 4.86. The number of benzene rings is 1. The van der Waals surface area contributed by atoms with Crippen molar-refractivity contribution >= 4 is 15.9 Å². The van der Waals surface area contributed by atoms with E-state index in [1.54, 1.807) is 7.11 Å². The molecule has 0 radical (unpaired) electrons. The molecule has 0 aliphatic rings. The lowest BCUT2D eigenvalue weighted by atomic mass is 9.94. The Kier molecular flexibility index (Phi) is 6.69. The Balaban J connectivity index is 2.57. The van der Waals surface area contributed by atoms with E-state index in [0.717, 1.165) is 30.5 Å². The van der Waals surface area contributed by atoms with Crippen molar-refractivity contribution in [1.82, 2.24) is 5.32 Å². The molecule has 90 valence electrons. The molecular weight excluding hydrogens is 266 g/mol. The van der Waals surface area contributed by atoms with Crippen molar-refractivity contribution in [3.8, 4) is 0 Å². The zero-order valence-electron chi connectivity index (χ0n) is 10.0. The molecule has 1 rings (SSSR count). The highest BCUT2D eigenvalue weighted by Crippen LogP contribution is 2.22. The first-order chi connectivity index (χ1) is 7.77. The summed E-state index contributed by atoms with van der Waals surface area (Å²) >= 11 is 3.46. The van der Waals surface area contributed by atoms with E-state index in [4.69, 9.17) is 4.74 Å². The molecule has 0 fully saturated rings. The van der Waals surface area contributed by atoms with E-state index in [2.05, 4.69) is 45.5 Å². The molecule has 0 saturated heterocycles. The summed E-state index contributed by atoms with van der Waals surface area (Å²) in [4.78, 5) is 0. The van der Waals surface area contributed by atoms with E-state index in [9.17, 15) is 0 Å². The molecule has 2 nitrogen and oxygen atoms in total. The van der Waals surface area contributed by atoms with Crippen LogP contribution in [0.5, 0.6) is 0 Å². The first-order valence-corrected chi connectivity index (χ1v) is 6.46. The van der Waals surface area contributed by atoms with Crippen molar-refractivity contribution in [1.29, 1.82) is 0 Å². The average molecular weight is 286 g/mol. The van der Waals surface area contributed by atoms with E-state index in [-0.39, 0.29) is 0 Å². The van der Waals surface area contributed by atoms with Gasteiger partial charge in [-0.3, -0.25) is 0 Å². The first-order valence-electron chi connectivity index (χ1n) is 5.67. The SMILES string of the molecule is CNCC(CCCOC)c1ccc(Br)cc1. The van der Waals surface area contributed by atoms with Gasteiger partial charge in [0.05, 0.1) is 0 Å². The maximum Gasteiger partial charge on any atom is 0.0462 e. The summed E-state index contributed by atoms with van der Waals surface area (Å²) in [5, 5.41) is 3.26. The molecule has 0 bridgehead atoms. The number of hydrogen-bond donors (Lipinski definition) is 1. The van der Waals surface area contributed by atoms with Crippen molar-refractivity contribution in [2.45, 2.75) is 18.8 Å². The average Bonchev–Trinajstić information content (AvgIpc) is 2.29. The van der Waals surface area contributed by atoms with E-state index in [1.807, 2.05) is 7.05 Å². The normalized spacial score (nSPS) is 12.7. The van der Waals surface area contributed by atoms with Gasteiger partial charge in [0.25, 0.3) is 0 Å². The molecule has 0 aromatic heterocycles. The van der Waals surface area contributed by atoms with Crippen LogP contribution in [0.1, 0.15) is 24.3 Å². The first kappa shape index (κ1) is 13.7. The summed E-state index contributed by atoms with van der Waals surface area (Å²) < 4.78 is 6.23. The lowest BCUT2D eigenvalue weighted by Crippen LogP contribution is -2.17. The highest BCUT2D eigenvalue weighted by Gasteiger charge is 2.09. The van der Waals surface area contributed by atoms with Crippen LogP contribution in [0.3, 0.4) is 0 Å². The van der Waals surface area contributed by atoms with Crippen LogP contribution >= 0.6 is 15.9 Å². The van der Waals surface area contributed by atoms with Crippen LogP contribution in [0.25, 0.3) is 0 Å². The van der Waals surface area contributed by atoms with Crippen molar-refractivity contribution in [2.24, 2.45) is 0 Å². The second kappa shape index (κ2) is 7.82. The minimum Gasteiger partial charge on any atom is -0.385 e. The quantitative estimate of drug-likeness (QED) is 0.777. The van der Waals surface area contributed by atoms with Crippen LogP contribution in [-0.4, -0.2) is 27.3 Å². The molecule has 3 heteroatoms. The molecule has 0 saturated carbocycles. The van der Waals surface area contributed by atoms with Crippen molar-refractivity contribution in [2.75, 3.05) is 27.3 Å². The summed E-state index contributed by atoms with van der Waals surface area (Å²) in [7, 11) is 3.76. The van der Waals surface area contributed by atoms with Gasteiger partial charge in [0.1, 0.15) is 0 Å². The van der Waals surface area contributed by atoms with E-state index in [1.165, 1.54) is 5.56 Å². The number of nitrogens with one attached hydrogen (secondary N) is 1. The third kappa shape index (κ3) is 4.64. The largest absolute Gasteiger partial charge is 0.385 e. The van der Waals surface area contributed by atoms with Gasteiger partial charge < -0.3 is 10.1 Å². The second-order valence-electron chi connectivity index (χ2n) is 3.94. The molecule has 0 spiro atoms. The summed E-state index contributed by atoms with van der Waals surface area (Å²) in [6.45, 7) is 1.86. The summed E-state index contributed by atoms with van der Waals surface area (Å²) in [5.74, 6) is 0.577. The van der Waals surface area contributed by atoms with E-state index >= 15 is 0 Å². The van der Waals surface area contributed by atoms with Gasteiger partial charge >= 0.3 is 0 Å². The predicted octanol–water partition coefficient (Wildman–Crippen LogP) is 3.18. The van der Waals surface area contributed by atoms with Crippen LogP contribution in [0.2, 0.25) is 0 Å². The van der Waals surface area contributed by atoms with Gasteiger partial charge in [0.15, 0.2) is 0 Å². The minimum atomic E-state index is 0.577. The molecule has 0 amide bonds. The number of hydrogen-bond acceptors (Lipinski definition) is 2. The lowest BCUT2D eigenvalue weighted by Gasteiger charge is -2.16. The van der Waals surface area contributed by atoms with Gasteiger partial charge in [-0.1, -0.05) is 28.1 Å². The number of methoxy groups -OCH3 is 1. The fourth-order valence-electron chi connectivity index (χ4n) is 1.84. The predicted molar refractivity (Wildman–Crippen MR) is 71.9 cm³/mol. The summed E-state index contributed by atoms with van der Waals surface area (Å²) in [5.41, 5.74) is 1.40. The standard InChI is InChI=1S/C13H20BrNO/c1-15-10-12(4-3-9-16-2)11-5-7-13(14)8-6-11/h5-8,12,15H,3-4,9-10H2,1-2H3. The van der Waals surface area contributed by atoms with Crippen LogP contribution in [0.15, 0.2) is 28.7 Å². The van der Waals surface area contributed by atoms with Crippen molar-refractivity contribution in [3.05, 3.63) is 34.3 Å². The molecule has 16 heavy (non-hydrogen) atoms. The summed E-state index contributed by atoms with van der Waals surface area (Å²) in [6.07, 6.45) is 2.27. The summed E-state index contributed by atoms with van der Waals surface area (Å²) in [6, 6.07) is 8.60. The van der Waals surface area contributed by atoms with Crippen LogP contribution in [0.4, 0.5) is 0 Å². The molecular formula is C13H20BrNO. The maximum atomic E-state index is 5.10. The third-order valence-electron chi connectivity index (χ3n) is 2.69. The highest BCUT2D eigenvalue weighted by atomic mass is 79.9. The number of rotatable bonds is 7. The Morgan fingerprint density at radius 1 is 1.31 bits per heavy atom. The van der Waals surface area contributed by atoms with Crippen LogP contribution in [0, 0.1) is 0 Å². The third-order valence-corrected chi connectivity index (χ3v) is 3.22. The smallest absolute Gasteiger partial charge is 0.0462 e. The lowest BCUT2D eigenvalue weighted by molar-refractivity contribution is 0.190. The van der Waals surface area contributed by atoms with E-state index < -0.39 is 0 Å². The molecule has 0 heterocycles. The van der Waals surface area contributed by atoms with Gasteiger partial charge in [-0.15, -0.1) is 0 Å². The minimum absolute atomic E-state index is 0.577. The molecule has 1 N–H and O–H groups in total. The van der Waals surface area contributed by atoms with Gasteiger partial charge in [-0.2, -0.15) is 0 Å². The van der Waals surface area contributed by atoms with Gasteiger partial charge in [0, 0.05) is 24.7 Å². The van der Waals surface area contributed by atoms with E-state index in [0.29, 0.717) is 5.92 Å². The van der Waals surface area contributed by atoms with Gasteiger partial charge in [-0.05, 0) is 43.5 Å². The monoisotopic (exact) mass is 285 g/mol. The Labute approximate surface area is 107 Å². The Bertz CT molecular complexity index is 286. The zero-order chi connectivity index (χ0) is 11.8. The molecule has 1 atom stereocenters. The molecule has 1 aromatic carbocycles. The highest BCUT2D eigenvalue weighted by molar-refractivity contribution is 9.10. The van der Waals surface area contributed by atoms with Gasteiger partial charge in [0.2, 0.25) is 0 Å². The van der Waals surface area contributed by atoms with Gasteiger partial charge in [-0.25, -0.2) is 0 Å². The number of ether oxygens (including phenoxy) is 1. The molecule has 0 aliphatic carbocycles.